The molecule has 0 atom stereocenters. The minimum absolute atomic E-state index is 0.216. The Labute approximate surface area is 92.1 Å². The van der Waals surface area contributed by atoms with E-state index < -0.39 is 9.84 Å². The van der Waals surface area contributed by atoms with E-state index >= 15 is 0 Å². The van der Waals surface area contributed by atoms with Crippen LogP contribution < -0.4 is 4.74 Å². The summed E-state index contributed by atoms with van der Waals surface area (Å²) in [6.45, 7) is 2.26. The van der Waals surface area contributed by atoms with Crippen molar-refractivity contribution < 1.29 is 13.2 Å². The molecule has 0 aliphatic carbocycles. The predicted molar refractivity (Wildman–Crippen MR) is 58.4 cm³/mol. The molecule has 0 saturated heterocycles. The van der Waals surface area contributed by atoms with E-state index in [4.69, 9.17) is 4.74 Å². The smallest absolute Gasteiger partial charge is 0.179 e. The van der Waals surface area contributed by atoms with Crippen LogP contribution in [0.5, 0.6) is 5.75 Å². The first-order valence-corrected chi connectivity index (χ1v) is 6.76. The molecule has 0 fully saturated rings. The number of sulfone groups is 1. The van der Waals surface area contributed by atoms with Gasteiger partial charge in [-0.05, 0) is 25.1 Å². The number of hydrogen-bond donors (Lipinski definition) is 0. The second-order valence-electron chi connectivity index (χ2n) is 2.80. The highest BCUT2D eigenvalue weighted by atomic mass is 79.9. The fourth-order valence-electron chi connectivity index (χ4n) is 1.05. The fraction of sp³-hybridized carbons (Fsp3) is 0.333. The van der Waals surface area contributed by atoms with Crippen LogP contribution in [0.4, 0.5) is 0 Å². The Morgan fingerprint density at radius 1 is 1.43 bits per heavy atom. The maximum absolute atomic E-state index is 11.4. The zero-order valence-corrected chi connectivity index (χ0v) is 10.4. The molecule has 1 aromatic rings. The Balaban J connectivity index is 3.30. The van der Waals surface area contributed by atoms with Gasteiger partial charge in [0, 0.05) is 10.7 Å². The van der Waals surface area contributed by atoms with E-state index in [1.807, 2.05) is 6.92 Å². The summed E-state index contributed by atoms with van der Waals surface area (Å²) in [5, 5.41) is 0. The molecule has 3 nitrogen and oxygen atoms in total. The van der Waals surface area contributed by atoms with E-state index in [1.165, 1.54) is 0 Å². The van der Waals surface area contributed by atoms with Crippen LogP contribution in [0.2, 0.25) is 0 Å². The molecule has 0 radical (unpaired) electrons. The average Bonchev–Trinajstić information content (AvgIpc) is 2.07. The standard InChI is InChI=1S/C9H11BrO3S/c1-3-13-8-5-4-7(10)6-9(8)14(2,11)12/h4-6H,3H2,1-2H3. The number of halogens is 1. The van der Waals surface area contributed by atoms with E-state index in [0.29, 0.717) is 12.4 Å². The van der Waals surface area contributed by atoms with Crippen molar-refractivity contribution in [3.63, 3.8) is 0 Å². The zero-order valence-electron chi connectivity index (χ0n) is 7.95. The lowest BCUT2D eigenvalue weighted by atomic mass is 10.3. The molecule has 1 aromatic carbocycles. The van der Waals surface area contributed by atoms with Gasteiger partial charge in [0.25, 0.3) is 0 Å². The molecule has 5 heteroatoms. The van der Waals surface area contributed by atoms with E-state index in [0.717, 1.165) is 10.7 Å². The van der Waals surface area contributed by atoms with Crippen LogP contribution in [-0.4, -0.2) is 21.3 Å². The summed E-state index contributed by atoms with van der Waals surface area (Å²) in [6, 6.07) is 4.93. The average molecular weight is 279 g/mol. The Morgan fingerprint density at radius 2 is 2.07 bits per heavy atom. The predicted octanol–water partition coefficient (Wildman–Crippen LogP) is 2.25. The third-order valence-corrected chi connectivity index (χ3v) is 3.22. The molecule has 0 heterocycles. The first kappa shape index (κ1) is 11.5. The molecular weight excluding hydrogens is 268 g/mol. The number of benzene rings is 1. The monoisotopic (exact) mass is 278 g/mol. The summed E-state index contributed by atoms with van der Waals surface area (Å²) in [5.74, 6) is 0.401. The Kier molecular flexibility index (Phi) is 3.55. The van der Waals surface area contributed by atoms with Gasteiger partial charge in [-0.3, -0.25) is 0 Å². The molecule has 0 N–H and O–H groups in total. The number of rotatable bonds is 3. The minimum atomic E-state index is -3.23. The zero-order chi connectivity index (χ0) is 10.8. The van der Waals surface area contributed by atoms with Gasteiger partial charge in [-0.2, -0.15) is 0 Å². The van der Waals surface area contributed by atoms with Crippen LogP contribution in [0, 0.1) is 0 Å². The van der Waals surface area contributed by atoms with Gasteiger partial charge >= 0.3 is 0 Å². The van der Waals surface area contributed by atoms with Gasteiger partial charge in [-0.15, -0.1) is 0 Å². The molecule has 0 aromatic heterocycles. The van der Waals surface area contributed by atoms with Crippen molar-refractivity contribution in [2.45, 2.75) is 11.8 Å². The third kappa shape index (κ3) is 2.72. The van der Waals surface area contributed by atoms with Crippen molar-refractivity contribution in [2.24, 2.45) is 0 Å². The lowest BCUT2D eigenvalue weighted by Crippen LogP contribution is -2.02. The van der Waals surface area contributed by atoms with Gasteiger partial charge in [0.1, 0.15) is 10.6 Å². The highest BCUT2D eigenvalue weighted by Gasteiger charge is 2.14. The molecule has 0 spiro atoms. The van der Waals surface area contributed by atoms with Gasteiger partial charge < -0.3 is 4.74 Å². The lowest BCUT2D eigenvalue weighted by Gasteiger charge is -2.08. The van der Waals surface area contributed by atoms with Crippen molar-refractivity contribution in [2.75, 3.05) is 12.9 Å². The largest absolute Gasteiger partial charge is 0.493 e. The summed E-state index contributed by atoms with van der Waals surface area (Å²) >= 11 is 3.22. The third-order valence-electron chi connectivity index (χ3n) is 1.61. The minimum Gasteiger partial charge on any atom is -0.493 e. The lowest BCUT2D eigenvalue weighted by molar-refractivity contribution is 0.331. The molecule has 0 unspecified atom stereocenters. The number of hydrogen-bond acceptors (Lipinski definition) is 3. The molecule has 14 heavy (non-hydrogen) atoms. The summed E-state index contributed by atoms with van der Waals surface area (Å²) in [5.41, 5.74) is 0. The van der Waals surface area contributed by atoms with E-state index in [1.54, 1.807) is 18.2 Å². The molecule has 0 aliphatic heterocycles. The van der Waals surface area contributed by atoms with Gasteiger partial charge in [0.15, 0.2) is 9.84 Å². The van der Waals surface area contributed by atoms with Crippen LogP contribution in [0.3, 0.4) is 0 Å². The summed E-state index contributed by atoms with van der Waals surface area (Å²) in [6.07, 6.45) is 1.16. The van der Waals surface area contributed by atoms with Crippen LogP contribution in [0.25, 0.3) is 0 Å². The second-order valence-corrected chi connectivity index (χ2v) is 5.70. The highest BCUT2D eigenvalue weighted by molar-refractivity contribution is 9.10. The second kappa shape index (κ2) is 4.31. The molecule has 1 rings (SSSR count). The van der Waals surface area contributed by atoms with Crippen molar-refractivity contribution in [3.05, 3.63) is 22.7 Å². The van der Waals surface area contributed by atoms with Crippen LogP contribution in [0.15, 0.2) is 27.6 Å². The molecular formula is C9H11BrO3S. The maximum atomic E-state index is 11.4. The van der Waals surface area contributed by atoms with Crippen molar-refractivity contribution in [3.8, 4) is 5.75 Å². The van der Waals surface area contributed by atoms with Gasteiger partial charge in [-0.1, -0.05) is 15.9 Å². The van der Waals surface area contributed by atoms with Gasteiger partial charge in [0.05, 0.1) is 6.61 Å². The highest BCUT2D eigenvalue weighted by Crippen LogP contribution is 2.27. The Hall–Kier alpha value is -0.550. The maximum Gasteiger partial charge on any atom is 0.179 e. The molecule has 0 saturated carbocycles. The van der Waals surface area contributed by atoms with Crippen LogP contribution in [-0.2, 0) is 9.84 Å². The van der Waals surface area contributed by atoms with Crippen LogP contribution in [0.1, 0.15) is 6.92 Å². The normalized spacial score (nSPS) is 11.4. The summed E-state index contributed by atoms with van der Waals surface area (Å²) < 4.78 is 28.7. The molecule has 0 bridgehead atoms. The summed E-state index contributed by atoms with van der Waals surface area (Å²) in [4.78, 5) is 0.216. The molecule has 0 amide bonds. The van der Waals surface area contributed by atoms with Crippen molar-refractivity contribution >= 4 is 25.8 Å². The van der Waals surface area contributed by atoms with Crippen LogP contribution >= 0.6 is 15.9 Å². The topological polar surface area (TPSA) is 43.4 Å². The SMILES string of the molecule is CCOc1ccc(Br)cc1S(C)(=O)=O. The van der Waals surface area contributed by atoms with E-state index in [9.17, 15) is 8.42 Å². The first-order valence-electron chi connectivity index (χ1n) is 4.07. The van der Waals surface area contributed by atoms with Gasteiger partial charge in [0.2, 0.25) is 0 Å². The van der Waals surface area contributed by atoms with Crippen molar-refractivity contribution in [1.29, 1.82) is 0 Å². The van der Waals surface area contributed by atoms with Crippen molar-refractivity contribution in [1.82, 2.24) is 0 Å². The molecule has 0 aliphatic rings. The first-order chi connectivity index (χ1) is 6.45. The molecule has 78 valence electrons. The van der Waals surface area contributed by atoms with Gasteiger partial charge in [-0.25, -0.2) is 8.42 Å². The summed E-state index contributed by atoms with van der Waals surface area (Å²) in [7, 11) is -3.23. The quantitative estimate of drug-likeness (QED) is 0.852. The fourth-order valence-corrected chi connectivity index (χ4v) is 2.39. The van der Waals surface area contributed by atoms with E-state index in [-0.39, 0.29) is 4.90 Å². The van der Waals surface area contributed by atoms with E-state index in [2.05, 4.69) is 15.9 Å². The Bertz CT molecular complexity index is 426. The number of ether oxygens (including phenoxy) is 1. The Morgan fingerprint density at radius 3 is 2.57 bits per heavy atom.